The molecule has 0 saturated heterocycles. The molecule has 5 N–H and O–H groups in total. The number of methoxy groups -OCH3 is 1. The van der Waals surface area contributed by atoms with E-state index in [1.54, 1.807) is 49.3 Å². The molecule has 62 heavy (non-hydrogen) atoms. The minimum absolute atomic E-state index is 0. The van der Waals surface area contributed by atoms with E-state index in [9.17, 15) is 9.59 Å². The second-order valence-corrected chi connectivity index (χ2v) is 13.7. The Labute approximate surface area is 412 Å². The van der Waals surface area contributed by atoms with E-state index in [0.29, 0.717) is 65.3 Å². The van der Waals surface area contributed by atoms with Crippen LogP contribution in [0.25, 0.3) is 22.3 Å². The van der Waals surface area contributed by atoms with Crippen LogP contribution >= 0.6 is 15.9 Å². The maximum atomic E-state index is 11.6. The number of aromatic nitrogens is 10. The van der Waals surface area contributed by atoms with Gasteiger partial charge in [-0.05, 0) is 39.9 Å². The quantitative estimate of drug-likeness (QED) is 0.0594. The number of likely N-dealkylation sites (N-methyl/N-ethyl adjacent to an activating group) is 1. The number of nitrogens with two attached hydrogens (primary N) is 2. The number of carbonyl (C=O) groups is 2. The first-order valence-corrected chi connectivity index (χ1v) is 36.3. The number of nitrogen functional groups attached to an aromatic ring is 2. The van der Waals surface area contributed by atoms with Gasteiger partial charge in [0.05, 0.1) is 33.4 Å². The van der Waals surface area contributed by atoms with Crippen LogP contribution in [0.5, 0.6) is 29.8 Å². The number of carboxylic acid groups (broad SMARTS) is 1. The zero-order valence-corrected chi connectivity index (χ0v) is 43.1. The molecule has 0 spiro atoms. The molecule has 0 saturated carbocycles. The van der Waals surface area contributed by atoms with Crippen molar-refractivity contribution in [1.29, 1.82) is 0 Å². The molecule has 0 bridgehead atoms. The van der Waals surface area contributed by atoms with Gasteiger partial charge in [-0.1, -0.05) is 46.2 Å². The summed E-state index contributed by atoms with van der Waals surface area (Å²) in [5.41, 5.74) is 15.7. The van der Waals surface area contributed by atoms with Gasteiger partial charge >= 0.3 is 81.1 Å². The number of amides is 1. The van der Waals surface area contributed by atoms with Crippen molar-refractivity contribution in [1.82, 2.24) is 53.9 Å². The van der Waals surface area contributed by atoms with Gasteiger partial charge in [0.1, 0.15) is 0 Å². The number of pyridine rings is 2. The molecule has 1 amide bonds. The van der Waals surface area contributed by atoms with Gasteiger partial charge in [-0.2, -0.15) is 24.9 Å². The van der Waals surface area contributed by atoms with E-state index >= 15 is 0 Å². The molecular weight excluding hydrogens is 925 g/mol. The second-order valence-electron chi connectivity index (χ2n) is 13.0. The molecule has 0 aliphatic rings. The summed E-state index contributed by atoms with van der Waals surface area (Å²) in [4.78, 5) is 58.0. The van der Waals surface area contributed by atoms with E-state index < -0.39 is 12.6 Å². The molecule has 0 fully saturated rings. The van der Waals surface area contributed by atoms with E-state index in [1.807, 2.05) is 10.6 Å². The Morgan fingerprint density at radius 2 is 1.23 bits per heavy atom. The standard InChI is InChI=1S/C19H24BrN7O3.C18H22N6O5.CH4.2K/c1-4-5-8-29-19-24-16(21)15-17(25-19)27(18(20)23-15)10-12-6-7-13(22-9-12)30-11-14(28)26(2)3;1-3-4-7-28-17-22-15(19)14-16(23-17)24(18(21-14)27-2)9-11-5-6-12(20-8-11)29-10-13(25)26;;;/h6-7,9H,4-5,8,10-11H2,1-3H3,(H2,21,24,25);5-6,8H,3-4,7,9-10H2,1-2H3,(H,25,26)(H2,19,22,23);1H4;;. The first-order chi connectivity index (χ1) is 29.4. The molecule has 0 aliphatic heterocycles. The third kappa shape index (κ3) is 15.4. The summed E-state index contributed by atoms with van der Waals surface area (Å²) in [6, 6.07) is 7.67. The SMILES string of the molecule is C.CCCCOc1nc(N)c2nc(Br)n(Cc3ccc(OCC(=O)N(C)C)nc3)c2n1.CCCCOc1nc(N)c2nc(OC)n(Cc3ccc(OCC(=O)O)nc3)c2n1.[K][K]. The molecule has 6 rings (SSSR count). The number of carbonyl (C=O) groups excluding carboxylic acids is 1. The van der Waals surface area contributed by atoms with E-state index in [2.05, 4.69) is 69.6 Å². The molecule has 324 valence electrons. The van der Waals surface area contributed by atoms with Gasteiger partial charge in [0.15, 0.2) is 51.9 Å². The Morgan fingerprint density at radius 3 is 1.68 bits per heavy atom. The number of ether oxygens (including phenoxy) is 5. The van der Waals surface area contributed by atoms with Gasteiger partial charge in [-0.15, -0.1) is 0 Å². The molecule has 6 aromatic rings. The number of fused-ring (bicyclic) bond motifs is 2. The first kappa shape index (κ1) is 53.0. The van der Waals surface area contributed by atoms with Crippen molar-refractivity contribution < 1.29 is 38.4 Å². The third-order valence-electron chi connectivity index (χ3n) is 8.22. The number of rotatable bonds is 19. The molecule has 0 atom stereocenters. The van der Waals surface area contributed by atoms with Gasteiger partial charge in [-0.3, -0.25) is 13.9 Å². The Hall–Kier alpha value is -3.31. The molecule has 0 unspecified atom stereocenters. The van der Waals surface area contributed by atoms with Crippen molar-refractivity contribution in [3.63, 3.8) is 0 Å². The summed E-state index contributed by atoms with van der Waals surface area (Å²) >= 11 is 5.96. The van der Waals surface area contributed by atoms with Crippen LogP contribution in [0.3, 0.4) is 0 Å². The molecule has 0 aliphatic carbocycles. The summed E-state index contributed by atoms with van der Waals surface area (Å²) < 4.78 is 31.2. The number of carboxylic acids is 1. The van der Waals surface area contributed by atoms with E-state index in [0.717, 1.165) is 36.8 Å². The fraction of sp³-hybridized carbons (Fsp3) is 0.421. The molecule has 24 heteroatoms. The van der Waals surface area contributed by atoms with Crippen molar-refractivity contribution >= 4 is 125 Å². The van der Waals surface area contributed by atoms with Gasteiger partial charge in [0.2, 0.25) is 11.8 Å². The molecule has 21 nitrogen and oxygen atoms in total. The predicted molar refractivity (Wildman–Crippen MR) is 237 cm³/mol. The van der Waals surface area contributed by atoms with Crippen LogP contribution in [0.4, 0.5) is 11.6 Å². The van der Waals surface area contributed by atoms with Gasteiger partial charge < -0.3 is 45.2 Å². The molecule has 6 heterocycles. The number of halogens is 1. The molecule has 0 radical (unpaired) electrons. The summed E-state index contributed by atoms with van der Waals surface area (Å²) in [7, 11) is 4.85. The number of aliphatic carboxylic acids is 1. The Balaban J connectivity index is 0.000000313. The van der Waals surface area contributed by atoms with Crippen LogP contribution < -0.4 is 35.2 Å². The van der Waals surface area contributed by atoms with E-state index in [-0.39, 0.29) is 49.5 Å². The van der Waals surface area contributed by atoms with Crippen molar-refractivity contribution in [3.8, 4) is 29.8 Å². The average Bonchev–Trinajstić information content (AvgIpc) is 3.77. The topological polar surface area (TPSA) is 269 Å². The van der Waals surface area contributed by atoms with Crippen molar-refractivity contribution in [3.05, 3.63) is 52.5 Å². The summed E-state index contributed by atoms with van der Waals surface area (Å²) in [5.74, 6) is -0.144. The third-order valence-corrected chi connectivity index (χ3v) is 8.83. The van der Waals surface area contributed by atoms with Gasteiger partial charge in [0.25, 0.3) is 11.9 Å². The first-order valence-electron chi connectivity index (χ1n) is 19.5. The van der Waals surface area contributed by atoms with E-state index in [1.165, 1.54) is 75.2 Å². The van der Waals surface area contributed by atoms with Crippen LogP contribution in [-0.2, 0) is 22.7 Å². The number of hydrogen-bond donors (Lipinski definition) is 3. The van der Waals surface area contributed by atoms with Crippen LogP contribution in [0.15, 0.2) is 41.4 Å². The maximum absolute atomic E-state index is 11.6. The van der Waals surface area contributed by atoms with Gasteiger partial charge in [0, 0.05) is 38.6 Å². The predicted octanol–water partition coefficient (Wildman–Crippen LogP) is 3.64. The average molecular weight is 975 g/mol. The number of anilines is 2. The summed E-state index contributed by atoms with van der Waals surface area (Å²) in [6.07, 6.45) is 7.04. The molecular formula is C38H50BrK2N13O8. The minimum atomic E-state index is -1.07. The number of unbranched alkanes of at least 4 members (excludes halogenated alkanes) is 2. The second kappa shape index (κ2) is 27.1. The monoisotopic (exact) mass is 973 g/mol. The van der Waals surface area contributed by atoms with Crippen LogP contribution in [0.2, 0.25) is 0 Å². The van der Waals surface area contributed by atoms with Crippen molar-refractivity contribution in [2.24, 2.45) is 0 Å². The Kier molecular flexibility index (Phi) is 23.2. The van der Waals surface area contributed by atoms with E-state index in [4.69, 9.17) is 40.3 Å². The zero-order valence-electron chi connectivity index (χ0n) is 35.3. The van der Waals surface area contributed by atoms with Crippen LogP contribution in [0.1, 0.15) is 58.1 Å². The fourth-order valence-corrected chi connectivity index (χ4v) is 5.55. The number of imidazole rings is 2. The van der Waals surface area contributed by atoms with Crippen molar-refractivity contribution in [2.45, 2.75) is 60.0 Å². The summed E-state index contributed by atoms with van der Waals surface area (Å²) in [6.45, 7) is 5.44. The Bertz CT molecular complexity index is 2350. The fourth-order valence-electron chi connectivity index (χ4n) is 5.08. The van der Waals surface area contributed by atoms with Crippen LogP contribution in [0, 0.1) is 0 Å². The zero-order chi connectivity index (χ0) is 44.5. The molecule has 0 aromatic carbocycles. The van der Waals surface area contributed by atoms with Crippen molar-refractivity contribution in [2.75, 3.05) is 59.1 Å². The molecule has 6 aromatic heterocycles. The Morgan fingerprint density at radius 1 is 0.742 bits per heavy atom. The van der Waals surface area contributed by atoms with Crippen LogP contribution in [-0.4, -0.2) is 182 Å². The number of nitrogens with zero attached hydrogens (tertiary/aromatic N) is 11. The summed E-state index contributed by atoms with van der Waals surface area (Å²) in [5, 5.41) is 8.66. The number of hydrogen-bond acceptors (Lipinski definition) is 17. The van der Waals surface area contributed by atoms with Gasteiger partial charge in [-0.25, -0.2) is 19.7 Å². The normalized spacial score (nSPS) is 10.5.